The maximum absolute atomic E-state index is 10.7. The van der Waals surface area contributed by atoms with Crippen LogP contribution in [0.5, 0.6) is 11.5 Å². The summed E-state index contributed by atoms with van der Waals surface area (Å²) >= 11 is 0. The standard InChI is InChI=1S/C14H14O.C8H8O3/c1-3-7-13(8-4-1)11-15-12-14-9-5-2-6-10-14;1-5(9)6-2-3-7(10)8(11)4-6/h1-10H,11-12H2;2-4,10-11H,1H3. The van der Waals surface area contributed by atoms with Gasteiger partial charge in [-0.2, -0.15) is 0 Å². The zero-order chi connectivity index (χ0) is 18.8. The second kappa shape index (κ2) is 10.0. The normalized spacial score (nSPS) is 9.88. The molecule has 3 rings (SSSR count). The number of phenolic OH excluding ortho intramolecular Hbond substituents is 2. The Kier molecular flexibility index (Phi) is 7.40. The number of aromatic hydroxyl groups is 2. The molecule has 0 unspecified atom stereocenters. The molecule has 0 aliphatic rings. The summed E-state index contributed by atoms with van der Waals surface area (Å²) in [5.74, 6) is -0.618. The summed E-state index contributed by atoms with van der Waals surface area (Å²) in [6.45, 7) is 2.75. The number of rotatable bonds is 5. The molecule has 3 aromatic rings. The monoisotopic (exact) mass is 350 g/mol. The van der Waals surface area contributed by atoms with Crippen LogP contribution < -0.4 is 0 Å². The van der Waals surface area contributed by atoms with E-state index in [9.17, 15) is 4.79 Å². The highest BCUT2D eigenvalue weighted by atomic mass is 16.5. The van der Waals surface area contributed by atoms with Gasteiger partial charge in [-0.05, 0) is 36.2 Å². The first-order valence-electron chi connectivity index (χ1n) is 8.25. The van der Waals surface area contributed by atoms with Crippen molar-refractivity contribution in [2.45, 2.75) is 20.1 Å². The minimum absolute atomic E-state index is 0.139. The molecule has 4 heteroatoms. The quantitative estimate of drug-likeness (QED) is 0.517. The molecular weight excluding hydrogens is 328 g/mol. The Morgan fingerprint density at radius 3 is 1.69 bits per heavy atom. The fraction of sp³-hybridized carbons (Fsp3) is 0.136. The van der Waals surface area contributed by atoms with E-state index in [0.29, 0.717) is 18.8 Å². The molecule has 134 valence electrons. The molecule has 0 aliphatic carbocycles. The van der Waals surface area contributed by atoms with E-state index in [0.717, 1.165) is 0 Å². The van der Waals surface area contributed by atoms with E-state index in [4.69, 9.17) is 14.9 Å². The zero-order valence-corrected chi connectivity index (χ0v) is 14.6. The van der Waals surface area contributed by atoms with Crippen molar-refractivity contribution < 1.29 is 19.7 Å². The van der Waals surface area contributed by atoms with Crippen molar-refractivity contribution in [3.63, 3.8) is 0 Å². The van der Waals surface area contributed by atoms with Crippen LogP contribution in [0.2, 0.25) is 0 Å². The molecule has 0 heterocycles. The van der Waals surface area contributed by atoms with E-state index in [-0.39, 0.29) is 17.3 Å². The number of hydrogen-bond acceptors (Lipinski definition) is 4. The molecule has 0 radical (unpaired) electrons. The van der Waals surface area contributed by atoms with Crippen LogP contribution in [0.25, 0.3) is 0 Å². The van der Waals surface area contributed by atoms with Gasteiger partial charge in [0.25, 0.3) is 0 Å². The Bertz CT molecular complexity index is 775. The molecule has 0 fully saturated rings. The molecule has 0 saturated carbocycles. The Balaban J connectivity index is 0.000000197. The van der Waals surface area contributed by atoms with Gasteiger partial charge in [-0.3, -0.25) is 4.79 Å². The van der Waals surface area contributed by atoms with Gasteiger partial charge in [0.05, 0.1) is 13.2 Å². The van der Waals surface area contributed by atoms with Gasteiger partial charge >= 0.3 is 0 Å². The van der Waals surface area contributed by atoms with Crippen molar-refractivity contribution in [2.75, 3.05) is 0 Å². The topological polar surface area (TPSA) is 66.8 Å². The van der Waals surface area contributed by atoms with Crippen LogP contribution >= 0.6 is 0 Å². The van der Waals surface area contributed by atoms with Crippen LogP contribution in [0.3, 0.4) is 0 Å². The van der Waals surface area contributed by atoms with Gasteiger partial charge in [0.1, 0.15) is 0 Å². The number of benzene rings is 3. The molecule has 2 N–H and O–H groups in total. The van der Waals surface area contributed by atoms with Crippen LogP contribution in [0.15, 0.2) is 78.9 Å². The molecule has 0 aromatic heterocycles. The Morgan fingerprint density at radius 1 is 0.769 bits per heavy atom. The second-order valence-corrected chi connectivity index (χ2v) is 5.72. The number of phenols is 2. The van der Waals surface area contributed by atoms with Gasteiger partial charge in [-0.25, -0.2) is 0 Å². The lowest BCUT2D eigenvalue weighted by Crippen LogP contribution is -1.93. The van der Waals surface area contributed by atoms with Crippen molar-refractivity contribution in [1.29, 1.82) is 0 Å². The minimum atomic E-state index is -0.266. The van der Waals surface area contributed by atoms with E-state index in [1.165, 1.54) is 36.2 Å². The van der Waals surface area contributed by atoms with Crippen LogP contribution in [0.4, 0.5) is 0 Å². The molecule has 26 heavy (non-hydrogen) atoms. The molecular formula is C22H22O4. The van der Waals surface area contributed by atoms with Crippen LogP contribution in [-0.4, -0.2) is 16.0 Å². The summed E-state index contributed by atoms with van der Waals surface area (Å²) in [5, 5.41) is 17.8. The molecule has 3 aromatic carbocycles. The predicted octanol–water partition coefficient (Wildman–Crippen LogP) is 4.70. The minimum Gasteiger partial charge on any atom is -0.504 e. The fourth-order valence-electron chi connectivity index (χ4n) is 2.18. The summed E-state index contributed by atoms with van der Waals surface area (Å²) < 4.78 is 5.61. The Labute approximate surface area is 153 Å². The predicted molar refractivity (Wildman–Crippen MR) is 101 cm³/mol. The first-order chi connectivity index (χ1) is 12.6. The maximum atomic E-state index is 10.7. The Morgan fingerprint density at radius 2 is 1.27 bits per heavy atom. The first-order valence-corrected chi connectivity index (χ1v) is 8.25. The average Bonchev–Trinajstić information content (AvgIpc) is 2.66. The number of hydrogen-bond donors (Lipinski definition) is 2. The average molecular weight is 350 g/mol. The van der Waals surface area contributed by atoms with Gasteiger partial charge in [-0.1, -0.05) is 60.7 Å². The molecule has 0 atom stereocenters. The van der Waals surface area contributed by atoms with Gasteiger partial charge in [0.15, 0.2) is 17.3 Å². The first kappa shape index (κ1) is 19.2. The summed E-state index contributed by atoms with van der Waals surface area (Å²) in [7, 11) is 0. The smallest absolute Gasteiger partial charge is 0.159 e. The molecule has 0 amide bonds. The van der Waals surface area contributed by atoms with E-state index in [2.05, 4.69) is 24.3 Å². The lowest BCUT2D eigenvalue weighted by Gasteiger charge is -2.03. The van der Waals surface area contributed by atoms with Crippen molar-refractivity contribution in [1.82, 2.24) is 0 Å². The molecule has 0 saturated heterocycles. The molecule has 0 spiro atoms. The largest absolute Gasteiger partial charge is 0.504 e. The van der Waals surface area contributed by atoms with Crippen molar-refractivity contribution in [3.8, 4) is 11.5 Å². The van der Waals surface area contributed by atoms with Gasteiger partial charge in [-0.15, -0.1) is 0 Å². The third kappa shape index (κ3) is 6.42. The second-order valence-electron chi connectivity index (χ2n) is 5.72. The lowest BCUT2D eigenvalue weighted by atomic mass is 10.1. The van der Waals surface area contributed by atoms with Gasteiger partial charge in [0, 0.05) is 5.56 Å². The number of carbonyl (C=O) groups is 1. The van der Waals surface area contributed by atoms with Crippen LogP contribution in [0, 0.1) is 0 Å². The van der Waals surface area contributed by atoms with Gasteiger partial charge < -0.3 is 14.9 Å². The number of Topliss-reactive ketones (excluding diaryl/α,β-unsaturated/α-hetero) is 1. The highest BCUT2D eigenvalue weighted by Gasteiger charge is 2.03. The highest BCUT2D eigenvalue weighted by Crippen LogP contribution is 2.24. The number of ether oxygens (including phenoxy) is 1. The van der Waals surface area contributed by atoms with Crippen LogP contribution in [0.1, 0.15) is 28.4 Å². The van der Waals surface area contributed by atoms with E-state index in [1.807, 2.05) is 36.4 Å². The van der Waals surface area contributed by atoms with Crippen molar-refractivity contribution >= 4 is 5.78 Å². The highest BCUT2D eigenvalue weighted by molar-refractivity contribution is 5.94. The number of carbonyl (C=O) groups excluding carboxylic acids is 1. The van der Waals surface area contributed by atoms with Crippen molar-refractivity contribution in [3.05, 3.63) is 95.6 Å². The van der Waals surface area contributed by atoms with E-state index >= 15 is 0 Å². The third-order valence-corrected chi connectivity index (χ3v) is 3.61. The molecule has 4 nitrogen and oxygen atoms in total. The maximum Gasteiger partial charge on any atom is 0.159 e. The SMILES string of the molecule is CC(=O)c1ccc(O)c(O)c1.c1ccc(COCc2ccccc2)cc1. The Hall–Kier alpha value is -3.11. The third-order valence-electron chi connectivity index (χ3n) is 3.61. The lowest BCUT2D eigenvalue weighted by molar-refractivity contribution is 0.101. The summed E-state index contributed by atoms with van der Waals surface area (Å²) in [6.07, 6.45) is 0. The van der Waals surface area contributed by atoms with E-state index in [1.54, 1.807) is 0 Å². The van der Waals surface area contributed by atoms with Crippen LogP contribution in [-0.2, 0) is 18.0 Å². The van der Waals surface area contributed by atoms with E-state index < -0.39 is 0 Å². The fourth-order valence-corrected chi connectivity index (χ4v) is 2.18. The zero-order valence-electron chi connectivity index (χ0n) is 14.6. The summed E-state index contributed by atoms with van der Waals surface area (Å²) in [5.41, 5.74) is 2.82. The molecule has 0 aliphatic heterocycles. The number of ketones is 1. The summed E-state index contributed by atoms with van der Waals surface area (Å²) in [6, 6.07) is 24.4. The van der Waals surface area contributed by atoms with Gasteiger partial charge in [0.2, 0.25) is 0 Å². The van der Waals surface area contributed by atoms with Crippen molar-refractivity contribution in [2.24, 2.45) is 0 Å². The summed E-state index contributed by atoms with van der Waals surface area (Å²) in [4.78, 5) is 10.7. The molecule has 0 bridgehead atoms.